The lowest BCUT2D eigenvalue weighted by Gasteiger charge is -2.27. The molecule has 2 amide bonds. The molecule has 0 unspecified atom stereocenters. The first-order chi connectivity index (χ1) is 17.2. The summed E-state index contributed by atoms with van der Waals surface area (Å²) >= 11 is 1.40. The number of hydrogen-bond acceptors (Lipinski definition) is 6. The van der Waals surface area contributed by atoms with Crippen molar-refractivity contribution >= 4 is 35.2 Å². The second kappa shape index (κ2) is 10.9. The van der Waals surface area contributed by atoms with E-state index in [-0.39, 0.29) is 17.6 Å². The van der Waals surface area contributed by atoms with Crippen LogP contribution in [0.4, 0.5) is 11.6 Å². The van der Waals surface area contributed by atoms with E-state index in [0.29, 0.717) is 23.8 Å². The van der Waals surface area contributed by atoms with Gasteiger partial charge in [-0.15, -0.1) is 10.2 Å². The number of para-hydroxylation sites is 1. The molecule has 0 bridgehead atoms. The molecule has 3 aromatic rings. The van der Waals surface area contributed by atoms with Crippen LogP contribution in [0.2, 0.25) is 0 Å². The van der Waals surface area contributed by atoms with Gasteiger partial charge in [0, 0.05) is 25.7 Å². The molecule has 0 spiro atoms. The van der Waals surface area contributed by atoms with Crippen LogP contribution in [0.1, 0.15) is 54.1 Å². The average Bonchev–Trinajstić information content (AvgIpc) is 3.66. The van der Waals surface area contributed by atoms with Crippen LogP contribution in [0.5, 0.6) is 0 Å². The molecular formula is C26H30N6O2S. The Balaban J connectivity index is 1.21. The minimum Gasteiger partial charge on any atom is -0.348 e. The SMILES string of the molecule is O=C(CSc1nnc(N2CCCCC2)n1C1CC1)Nc1ccccc1C(=O)NCc1ccccc1. The number of carbonyl (C=O) groups excluding carboxylic acids is 2. The Morgan fingerprint density at radius 1 is 0.943 bits per heavy atom. The first-order valence-electron chi connectivity index (χ1n) is 12.2. The van der Waals surface area contributed by atoms with E-state index in [2.05, 4.69) is 30.3 Å². The molecule has 2 aliphatic rings. The van der Waals surface area contributed by atoms with Gasteiger partial charge < -0.3 is 15.5 Å². The number of benzene rings is 2. The quantitative estimate of drug-likeness (QED) is 0.436. The van der Waals surface area contributed by atoms with Crippen LogP contribution in [0, 0.1) is 0 Å². The van der Waals surface area contributed by atoms with Gasteiger partial charge in [0.2, 0.25) is 11.9 Å². The number of thioether (sulfide) groups is 1. The molecule has 35 heavy (non-hydrogen) atoms. The van der Waals surface area contributed by atoms with Crippen molar-refractivity contribution in [2.75, 3.05) is 29.1 Å². The van der Waals surface area contributed by atoms with Crippen LogP contribution in [0.3, 0.4) is 0 Å². The highest BCUT2D eigenvalue weighted by atomic mass is 32.2. The van der Waals surface area contributed by atoms with Crippen LogP contribution < -0.4 is 15.5 Å². The lowest BCUT2D eigenvalue weighted by Crippen LogP contribution is -2.32. The van der Waals surface area contributed by atoms with E-state index in [1.165, 1.54) is 31.0 Å². The molecule has 1 aromatic heterocycles. The predicted octanol–water partition coefficient (Wildman–Crippen LogP) is 4.26. The minimum atomic E-state index is -0.225. The molecule has 1 saturated heterocycles. The van der Waals surface area contributed by atoms with Crippen molar-refractivity contribution in [2.24, 2.45) is 0 Å². The smallest absolute Gasteiger partial charge is 0.253 e. The van der Waals surface area contributed by atoms with Crippen LogP contribution in [0.15, 0.2) is 59.8 Å². The molecule has 1 aliphatic carbocycles. The molecule has 0 radical (unpaired) electrons. The number of carbonyl (C=O) groups is 2. The Morgan fingerprint density at radius 2 is 1.69 bits per heavy atom. The highest BCUT2D eigenvalue weighted by Crippen LogP contribution is 2.41. The van der Waals surface area contributed by atoms with Crippen molar-refractivity contribution in [3.05, 3.63) is 65.7 Å². The van der Waals surface area contributed by atoms with Gasteiger partial charge in [-0.1, -0.05) is 54.2 Å². The minimum absolute atomic E-state index is 0.178. The van der Waals surface area contributed by atoms with Crippen LogP contribution >= 0.6 is 11.8 Å². The number of nitrogens with one attached hydrogen (secondary N) is 2. The highest BCUT2D eigenvalue weighted by Gasteiger charge is 2.32. The summed E-state index contributed by atoms with van der Waals surface area (Å²) in [5, 5.41) is 15.5. The van der Waals surface area contributed by atoms with Crippen molar-refractivity contribution < 1.29 is 9.59 Å². The molecule has 1 aliphatic heterocycles. The number of hydrogen-bond donors (Lipinski definition) is 2. The Hall–Kier alpha value is -3.33. The lowest BCUT2D eigenvalue weighted by atomic mass is 10.1. The fraction of sp³-hybridized carbons (Fsp3) is 0.385. The Kier molecular flexibility index (Phi) is 7.32. The van der Waals surface area contributed by atoms with Gasteiger partial charge in [-0.2, -0.15) is 0 Å². The number of piperidine rings is 1. The summed E-state index contributed by atoms with van der Waals surface area (Å²) in [6, 6.07) is 17.2. The van der Waals surface area contributed by atoms with Crippen molar-refractivity contribution in [2.45, 2.75) is 49.8 Å². The lowest BCUT2D eigenvalue weighted by molar-refractivity contribution is -0.113. The summed E-state index contributed by atoms with van der Waals surface area (Å²) in [5.41, 5.74) is 1.96. The third-order valence-corrected chi connectivity index (χ3v) is 7.21. The van der Waals surface area contributed by atoms with Gasteiger partial charge >= 0.3 is 0 Å². The molecular weight excluding hydrogens is 460 g/mol. The highest BCUT2D eigenvalue weighted by molar-refractivity contribution is 7.99. The topological polar surface area (TPSA) is 92.2 Å². The molecule has 5 rings (SSSR count). The van der Waals surface area contributed by atoms with Crippen molar-refractivity contribution in [1.82, 2.24) is 20.1 Å². The Morgan fingerprint density at radius 3 is 2.46 bits per heavy atom. The number of amides is 2. The standard InChI is InChI=1S/C26H30N6O2S/c33-23(18-35-26-30-29-25(32(26)20-13-14-20)31-15-7-2-8-16-31)28-22-12-6-5-11-21(22)24(34)27-17-19-9-3-1-4-10-19/h1,3-6,9-12,20H,2,7-8,13-18H2,(H,27,34)(H,28,33). The van der Waals surface area contributed by atoms with E-state index in [1.54, 1.807) is 18.2 Å². The summed E-state index contributed by atoms with van der Waals surface area (Å²) in [4.78, 5) is 27.9. The molecule has 2 heterocycles. The number of anilines is 2. The fourth-order valence-electron chi connectivity index (χ4n) is 4.31. The molecule has 0 atom stereocenters. The van der Waals surface area contributed by atoms with Gasteiger partial charge in [-0.3, -0.25) is 14.2 Å². The first-order valence-corrected chi connectivity index (χ1v) is 13.2. The number of nitrogens with zero attached hydrogens (tertiary/aromatic N) is 4. The van der Waals surface area contributed by atoms with Crippen molar-refractivity contribution in [1.29, 1.82) is 0 Å². The normalized spacial score (nSPS) is 15.6. The molecule has 182 valence electrons. The molecule has 1 saturated carbocycles. The van der Waals surface area contributed by atoms with Gasteiger partial charge in [-0.25, -0.2) is 0 Å². The van der Waals surface area contributed by atoms with Gasteiger partial charge in [0.25, 0.3) is 5.91 Å². The monoisotopic (exact) mass is 490 g/mol. The first kappa shape index (κ1) is 23.4. The van der Waals surface area contributed by atoms with Crippen molar-refractivity contribution in [3.8, 4) is 0 Å². The van der Waals surface area contributed by atoms with E-state index in [1.807, 2.05) is 36.4 Å². The van der Waals surface area contributed by atoms with E-state index >= 15 is 0 Å². The molecule has 9 heteroatoms. The van der Waals surface area contributed by atoms with Gasteiger partial charge in [0.15, 0.2) is 5.16 Å². The van der Waals surface area contributed by atoms with Gasteiger partial charge in [0.05, 0.1) is 17.0 Å². The molecule has 2 fully saturated rings. The van der Waals surface area contributed by atoms with E-state index in [0.717, 1.165) is 42.6 Å². The van der Waals surface area contributed by atoms with E-state index in [4.69, 9.17) is 0 Å². The number of rotatable bonds is 9. The third kappa shape index (κ3) is 5.85. The van der Waals surface area contributed by atoms with Crippen LogP contribution in [0.25, 0.3) is 0 Å². The van der Waals surface area contributed by atoms with Gasteiger partial charge in [-0.05, 0) is 49.8 Å². The molecule has 2 N–H and O–H groups in total. The third-order valence-electron chi connectivity index (χ3n) is 6.27. The zero-order chi connectivity index (χ0) is 24.0. The maximum absolute atomic E-state index is 12.8. The Labute approximate surface area is 209 Å². The second-order valence-corrected chi connectivity index (χ2v) is 9.92. The molecule has 8 nitrogen and oxygen atoms in total. The largest absolute Gasteiger partial charge is 0.348 e. The molecule has 2 aromatic carbocycles. The average molecular weight is 491 g/mol. The van der Waals surface area contributed by atoms with Crippen LogP contribution in [-0.2, 0) is 11.3 Å². The van der Waals surface area contributed by atoms with Gasteiger partial charge in [0.1, 0.15) is 0 Å². The summed E-state index contributed by atoms with van der Waals surface area (Å²) in [6.45, 7) is 2.45. The maximum atomic E-state index is 12.8. The predicted molar refractivity (Wildman–Crippen MR) is 138 cm³/mol. The summed E-state index contributed by atoms with van der Waals surface area (Å²) in [6.07, 6.45) is 5.89. The maximum Gasteiger partial charge on any atom is 0.253 e. The zero-order valence-corrected chi connectivity index (χ0v) is 20.5. The van der Waals surface area contributed by atoms with E-state index in [9.17, 15) is 9.59 Å². The van der Waals surface area contributed by atoms with E-state index < -0.39 is 0 Å². The zero-order valence-electron chi connectivity index (χ0n) is 19.7. The summed E-state index contributed by atoms with van der Waals surface area (Å²) in [7, 11) is 0. The second-order valence-electron chi connectivity index (χ2n) is 8.98. The summed E-state index contributed by atoms with van der Waals surface area (Å²) in [5.74, 6) is 0.737. The summed E-state index contributed by atoms with van der Waals surface area (Å²) < 4.78 is 2.22. The number of aromatic nitrogens is 3. The Bertz CT molecular complexity index is 1170. The van der Waals surface area contributed by atoms with Crippen molar-refractivity contribution in [3.63, 3.8) is 0 Å². The fourth-order valence-corrected chi connectivity index (χ4v) is 5.11. The van der Waals surface area contributed by atoms with Crippen LogP contribution in [-0.4, -0.2) is 45.4 Å².